The number of carbonyl (C=O) groups is 2. The standard InChI is InChI=1S/C19H17ClF3N3O6/c1-2-31-18(28)8-7-17(27)25-24-14-10-12(4-5-15(14)26(29)30)32-16-6-3-11(9-13(16)20)19(21,22)23/h3-6,9-10,24H,2,7-8H2,1H3,(H,25,27). The van der Waals surface area contributed by atoms with Crippen molar-refractivity contribution >= 4 is 34.9 Å². The average molecular weight is 476 g/mol. The fourth-order valence-corrected chi connectivity index (χ4v) is 2.59. The van der Waals surface area contributed by atoms with Gasteiger partial charge in [-0.25, -0.2) is 0 Å². The van der Waals surface area contributed by atoms with E-state index in [2.05, 4.69) is 10.9 Å². The van der Waals surface area contributed by atoms with Gasteiger partial charge in [0.05, 0.1) is 28.5 Å². The molecule has 0 aliphatic rings. The van der Waals surface area contributed by atoms with Crippen LogP contribution in [0.25, 0.3) is 0 Å². The molecule has 0 aliphatic carbocycles. The molecule has 0 atom stereocenters. The molecule has 2 aromatic carbocycles. The Balaban J connectivity index is 2.13. The summed E-state index contributed by atoms with van der Waals surface area (Å²) in [5.41, 5.74) is 3.03. The van der Waals surface area contributed by atoms with Gasteiger partial charge in [-0.15, -0.1) is 0 Å². The molecular weight excluding hydrogens is 459 g/mol. The lowest BCUT2D eigenvalue weighted by molar-refractivity contribution is -0.384. The van der Waals surface area contributed by atoms with Crippen LogP contribution in [-0.2, 0) is 20.5 Å². The fraction of sp³-hybridized carbons (Fsp3) is 0.263. The highest BCUT2D eigenvalue weighted by molar-refractivity contribution is 6.32. The van der Waals surface area contributed by atoms with Crippen LogP contribution in [0.2, 0.25) is 5.02 Å². The topological polar surface area (TPSA) is 120 Å². The Morgan fingerprint density at radius 2 is 1.88 bits per heavy atom. The minimum Gasteiger partial charge on any atom is -0.466 e. The van der Waals surface area contributed by atoms with Crippen LogP contribution in [0.15, 0.2) is 36.4 Å². The molecule has 1 amide bonds. The summed E-state index contributed by atoms with van der Waals surface area (Å²) in [7, 11) is 0. The average Bonchev–Trinajstić information content (AvgIpc) is 2.71. The number of nitro groups is 1. The van der Waals surface area contributed by atoms with E-state index in [1.165, 1.54) is 6.07 Å². The fourth-order valence-electron chi connectivity index (χ4n) is 2.37. The molecule has 2 N–H and O–H groups in total. The monoisotopic (exact) mass is 475 g/mol. The third-order valence-electron chi connectivity index (χ3n) is 3.85. The van der Waals surface area contributed by atoms with E-state index in [1.807, 2.05) is 0 Å². The molecule has 0 radical (unpaired) electrons. The van der Waals surface area contributed by atoms with Crippen molar-refractivity contribution in [2.45, 2.75) is 25.9 Å². The van der Waals surface area contributed by atoms with Crippen LogP contribution < -0.4 is 15.6 Å². The van der Waals surface area contributed by atoms with Crippen molar-refractivity contribution in [1.29, 1.82) is 0 Å². The number of halogens is 4. The van der Waals surface area contributed by atoms with Gasteiger partial charge in [-0.1, -0.05) is 11.6 Å². The highest BCUT2D eigenvalue weighted by atomic mass is 35.5. The number of rotatable bonds is 9. The molecule has 13 heteroatoms. The number of nitrogens with zero attached hydrogens (tertiary/aromatic N) is 1. The van der Waals surface area contributed by atoms with Gasteiger partial charge in [0.25, 0.3) is 5.69 Å². The van der Waals surface area contributed by atoms with Gasteiger partial charge in [0.2, 0.25) is 5.91 Å². The van der Waals surface area contributed by atoms with Gasteiger partial charge < -0.3 is 9.47 Å². The predicted octanol–water partition coefficient (Wildman–Crippen LogP) is 4.85. The second kappa shape index (κ2) is 10.7. The number of amides is 1. The molecule has 0 saturated carbocycles. The quantitative estimate of drug-likeness (QED) is 0.302. The van der Waals surface area contributed by atoms with Crippen molar-refractivity contribution in [2.24, 2.45) is 0 Å². The Morgan fingerprint density at radius 1 is 1.16 bits per heavy atom. The molecule has 0 fully saturated rings. The van der Waals surface area contributed by atoms with Crippen LogP contribution in [0.1, 0.15) is 25.3 Å². The lowest BCUT2D eigenvalue weighted by atomic mass is 10.2. The van der Waals surface area contributed by atoms with Crippen molar-refractivity contribution in [3.05, 3.63) is 57.1 Å². The lowest BCUT2D eigenvalue weighted by Crippen LogP contribution is -2.30. The molecule has 2 rings (SSSR count). The number of hydrazine groups is 1. The first-order valence-corrected chi connectivity index (χ1v) is 9.42. The summed E-state index contributed by atoms with van der Waals surface area (Å²) in [5.74, 6) is -1.32. The molecule has 0 unspecified atom stereocenters. The molecule has 0 heterocycles. The zero-order valence-electron chi connectivity index (χ0n) is 16.5. The number of hydrogen-bond acceptors (Lipinski definition) is 7. The zero-order valence-corrected chi connectivity index (χ0v) is 17.2. The summed E-state index contributed by atoms with van der Waals surface area (Å²) >= 11 is 5.85. The van der Waals surface area contributed by atoms with Crippen molar-refractivity contribution in [1.82, 2.24) is 5.43 Å². The maximum absolute atomic E-state index is 12.8. The molecule has 0 spiro atoms. The number of anilines is 1. The number of ether oxygens (including phenoxy) is 2. The second-order valence-electron chi connectivity index (χ2n) is 6.16. The van der Waals surface area contributed by atoms with Crippen molar-refractivity contribution in [3.63, 3.8) is 0 Å². The largest absolute Gasteiger partial charge is 0.466 e. The first kappa shape index (κ1) is 24.7. The van der Waals surface area contributed by atoms with Gasteiger partial charge in [0.15, 0.2) is 0 Å². The summed E-state index contributed by atoms with van der Waals surface area (Å²) in [6.45, 7) is 1.78. The third-order valence-corrected chi connectivity index (χ3v) is 4.15. The number of nitrogens with one attached hydrogen (secondary N) is 2. The van der Waals surface area contributed by atoms with E-state index >= 15 is 0 Å². The third kappa shape index (κ3) is 7.01. The Labute approximate surface area is 184 Å². The van der Waals surface area contributed by atoms with Crippen LogP contribution in [0.5, 0.6) is 11.5 Å². The van der Waals surface area contributed by atoms with E-state index in [4.69, 9.17) is 21.1 Å². The van der Waals surface area contributed by atoms with Gasteiger partial charge in [0, 0.05) is 18.6 Å². The number of alkyl halides is 3. The summed E-state index contributed by atoms with van der Waals surface area (Å²) in [4.78, 5) is 33.6. The maximum Gasteiger partial charge on any atom is 0.416 e. The van der Waals surface area contributed by atoms with E-state index in [1.54, 1.807) is 6.92 Å². The number of esters is 1. The van der Waals surface area contributed by atoms with Gasteiger partial charge >= 0.3 is 12.1 Å². The summed E-state index contributed by atoms with van der Waals surface area (Å²) in [6.07, 6.45) is -4.99. The minimum atomic E-state index is -4.59. The maximum atomic E-state index is 12.8. The van der Waals surface area contributed by atoms with Gasteiger partial charge in [-0.05, 0) is 31.2 Å². The molecule has 172 valence electrons. The van der Waals surface area contributed by atoms with E-state index < -0.39 is 34.2 Å². The summed E-state index contributed by atoms with van der Waals surface area (Å²) < 4.78 is 48.4. The van der Waals surface area contributed by atoms with Crippen LogP contribution >= 0.6 is 11.6 Å². The lowest BCUT2D eigenvalue weighted by Gasteiger charge is -2.13. The molecule has 32 heavy (non-hydrogen) atoms. The van der Waals surface area contributed by atoms with Gasteiger partial charge in [-0.3, -0.25) is 30.6 Å². The van der Waals surface area contributed by atoms with Crippen molar-refractivity contribution in [2.75, 3.05) is 12.0 Å². The van der Waals surface area contributed by atoms with Crippen LogP contribution in [0, 0.1) is 10.1 Å². The highest BCUT2D eigenvalue weighted by Gasteiger charge is 2.31. The van der Waals surface area contributed by atoms with E-state index in [-0.39, 0.29) is 41.7 Å². The number of nitro benzene ring substituents is 1. The second-order valence-corrected chi connectivity index (χ2v) is 6.57. The molecule has 0 bridgehead atoms. The van der Waals surface area contributed by atoms with Crippen LogP contribution in [0.3, 0.4) is 0 Å². The molecule has 0 aromatic heterocycles. The van der Waals surface area contributed by atoms with Crippen molar-refractivity contribution < 1.29 is 37.2 Å². The SMILES string of the molecule is CCOC(=O)CCC(=O)NNc1cc(Oc2ccc(C(F)(F)F)cc2Cl)ccc1[N+](=O)[O-]. The predicted molar refractivity (Wildman–Crippen MR) is 107 cm³/mol. The molecule has 0 aliphatic heterocycles. The summed E-state index contributed by atoms with van der Waals surface area (Å²) in [5, 5.41) is 10.9. The Hall–Kier alpha value is -3.54. The van der Waals surface area contributed by atoms with Gasteiger partial charge in [0.1, 0.15) is 17.2 Å². The molecule has 0 saturated heterocycles. The van der Waals surface area contributed by atoms with Crippen molar-refractivity contribution in [3.8, 4) is 11.5 Å². The Kier molecular flexibility index (Phi) is 8.24. The first-order chi connectivity index (χ1) is 15.0. The summed E-state index contributed by atoms with van der Waals surface area (Å²) in [6, 6.07) is 5.90. The smallest absolute Gasteiger partial charge is 0.416 e. The van der Waals surface area contributed by atoms with E-state index in [9.17, 15) is 32.9 Å². The molecule has 9 nitrogen and oxygen atoms in total. The number of carbonyl (C=O) groups excluding carboxylic acids is 2. The highest BCUT2D eigenvalue weighted by Crippen LogP contribution is 2.37. The normalized spacial score (nSPS) is 10.9. The van der Waals surface area contributed by atoms with Crippen LogP contribution in [-0.4, -0.2) is 23.4 Å². The zero-order chi connectivity index (χ0) is 23.9. The first-order valence-electron chi connectivity index (χ1n) is 9.04. The van der Waals surface area contributed by atoms with E-state index in [0.29, 0.717) is 6.07 Å². The van der Waals surface area contributed by atoms with Crippen LogP contribution in [0.4, 0.5) is 24.5 Å². The molecule has 2 aromatic rings. The Bertz CT molecular complexity index is 1020. The number of benzene rings is 2. The van der Waals surface area contributed by atoms with Gasteiger partial charge in [-0.2, -0.15) is 13.2 Å². The van der Waals surface area contributed by atoms with E-state index in [0.717, 1.165) is 24.3 Å². The minimum absolute atomic E-state index is 0.000492. The Morgan fingerprint density at radius 3 is 2.47 bits per heavy atom. The molecular formula is C19H17ClF3N3O6. The number of hydrogen-bond donors (Lipinski definition) is 2.